The summed E-state index contributed by atoms with van der Waals surface area (Å²) in [6.45, 7) is 1.87. The molecule has 27 heavy (non-hydrogen) atoms. The van der Waals surface area contributed by atoms with Gasteiger partial charge in [-0.15, -0.1) is 0 Å². The Bertz CT molecular complexity index is 987. The van der Waals surface area contributed by atoms with Gasteiger partial charge in [-0.05, 0) is 13.0 Å². The van der Waals surface area contributed by atoms with Gasteiger partial charge in [0.1, 0.15) is 28.0 Å². The van der Waals surface area contributed by atoms with E-state index in [0.29, 0.717) is 40.2 Å². The Kier molecular flexibility index (Phi) is 5.72. The summed E-state index contributed by atoms with van der Waals surface area (Å²) >= 11 is 6.12. The van der Waals surface area contributed by atoms with Gasteiger partial charge in [-0.1, -0.05) is 11.6 Å². The van der Waals surface area contributed by atoms with Crippen LogP contribution in [0.3, 0.4) is 0 Å². The lowest BCUT2D eigenvalue weighted by Crippen LogP contribution is -2.14. The molecule has 0 bridgehead atoms. The van der Waals surface area contributed by atoms with Crippen molar-refractivity contribution in [3.63, 3.8) is 0 Å². The van der Waals surface area contributed by atoms with Crippen LogP contribution in [0.5, 0.6) is 5.75 Å². The predicted octanol–water partition coefficient (Wildman–Crippen LogP) is 2.11. The number of pyridine rings is 1. The second kappa shape index (κ2) is 8.19. The fraction of sp³-hybridized carbons (Fsp3) is 0.294. The maximum atomic E-state index is 12.0. The van der Waals surface area contributed by atoms with Crippen LogP contribution in [0.2, 0.25) is 5.02 Å². The van der Waals surface area contributed by atoms with Crippen LogP contribution in [0, 0.1) is 0 Å². The van der Waals surface area contributed by atoms with E-state index < -0.39 is 0 Å². The topological polar surface area (TPSA) is 118 Å². The van der Waals surface area contributed by atoms with E-state index in [9.17, 15) is 4.79 Å². The highest BCUT2D eigenvalue weighted by Crippen LogP contribution is 2.28. The van der Waals surface area contributed by atoms with Crippen LogP contribution in [0.25, 0.3) is 11.4 Å². The van der Waals surface area contributed by atoms with Gasteiger partial charge in [-0.25, -0.2) is 15.0 Å². The molecule has 142 valence electrons. The molecule has 0 spiro atoms. The largest absolute Gasteiger partial charge is 0.489 e. The summed E-state index contributed by atoms with van der Waals surface area (Å²) in [5, 5.41) is 15.2. The monoisotopic (exact) mass is 390 g/mol. The summed E-state index contributed by atoms with van der Waals surface area (Å²) in [5.41, 5.74) is 0.150. The molecule has 3 aromatic heterocycles. The van der Waals surface area contributed by atoms with Crippen LogP contribution < -0.4 is 15.6 Å². The summed E-state index contributed by atoms with van der Waals surface area (Å²) in [7, 11) is 1.62. The summed E-state index contributed by atoms with van der Waals surface area (Å²) < 4.78 is 7.07. The quantitative estimate of drug-likeness (QED) is 0.565. The van der Waals surface area contributed by atoms with Crippen molar-refractivity contribution in [1.29, 1.82) is 0 Å². The lowest BCUT2D eigenvalue weighted by Gasteiger charge is -2.15. The average molecular weight is 391 g/mol. The van der Waals surface area contributed by atoms with Gasteiger partial charge in [0, 0.05) is 38.5 Å². The van der Waals surface area contributed by atoms with E-state index in [1.54, 1.807) is 31.6 Å². The fourth-order valence-electron chi connectivity index (χ4n) is 2.35. The zero-order valence-electron chi connectivity index (χ0n) is 14.8. The number of H-pyrrole nitrogens is 1. The fourth-order valence-corrected chi connectivity index (χ4v) is 2.50. The smallest absolute Gasteiger partial charge is 0.277 e. The lowest BCUT2D eigenvalue weighted by molar-refractivity contribution is 0.169. The number of halogens is 1. The van der Waals surface area contributed by atoms with Gasteiger partial charge in [-0.2, -0.15) is 0 Å². The van der Waals surface area contributed by atoms with Gasteiger partial charge < -0.3 is 20.3 Å². The summed E-state index contributed by atoms with van der Waals surface area (Å²) in [5.74, 6) is 1.68. The molecule has 0 saturated heterocycles. The predicted molar refractivity (Wildman–Crippen MR) is 101 cm³/mol. The number of aliphatic hydroxyl groups is 1. The molecule has 0 fully saturated rings. The van der Waals surface area contributed by atoms with Crippen molar-refractivity contribution in [2.24, 2.45) is 7.05 Å². The van der Waals surface area contributed by atoms with Gasteiger partial charge >= 0.3 is 0 Å². The number of aryl methyl sites for hydroxylation is 1. The second-order valence-corrected chi connectivity index (χ2v) is 6.29. The number of hydrogen-bond donors (Lipinski definition) is 3. The second-order valence-electron chi connectivity index (χ2n) is 5.88. The SMILES string of the molecule is CC(CCO)Oc1cc(Nc2ccnc(-c3c[nH]n(C)c3=O)n2)ncc1Cl. The van der Waals surface area contributed by atoms with Crippen molar-refractivity contribution in [1.82, 2.24) is 24.7 Å². The van der Waals surface area contributed by atoms with Gasteiger partial charge in [0.05, 0.1) is 12.3 Å². The third kappa shape index (κ3) is 4.44. The van der Waals surface area contributed by atoms with Crippen molar-refractivity contribution < 1.29 is 9.84 Å². The molecule has 0 aliphatic rings. The molecule has 0 saturated carbocycles. The highest BCUT2D eigenvalue weighted by atomic mass is 35.5. The minimum atomic E-state index is -0.217. The molecule has 3 heterocycles. The molecule has 3 rings (SSSR count). The molecule has 0 amide bonds. The maximum absolute atomic E-state index is 12.0. The van der Waals surface area contributed by atoms with Crippen molar-refractivity contribution >= 4 is 23.2 Å². The van der Waals surface area contributed by atoms with Gasteiger partial charge in [0.25, 0.3) is 5.56 Å². The normalized spacial score (nSPS) is 12.0. The van der Waals surface area contributed by atoms with Crippen molar-refractivity contribution in [3.8, 4) is 17.1 Å². The standard InChI is InChI=1S/C17H19ClN6O3/c1-10(4-6-25)27-13-7-15(20-9-12(13)18)22-14-3-5-19-16(23-14)11-8-21-24(2)17(11)26/h3,5,7-10,21,25H,4,6H2,1-2H3,(H,19,20,22,23). The molecule has 9 nitrogen and oxygen atoms in total. The van der Waals surface area contributed by atoms with Crippen molar-refractivity contribution in [2.45, 2.75) is 19.4 Å². The van der Waals surface area contributed by atoms with Crippen molar-refractivity contribution in [2.75, 3.05) is 11.9 Å². The Morgan fingerprint density at radius 3 is 2.93 bits per heavy atom. The van der Waals surface area contributed by atoms with Crippen LogP contribution >= 0.6 is 11.6 Å². The molecule has 10 heteroatoms. The Hall–Kier alpha value is -2.91. The number of rotatable bonds is 7. The zero-order chi connectivity index (χ0) is 19.4. The minimum absolute atomic E-state index is 0.0251. The number of hydrogen-bond acceptors (Lipinski definition) is 7. The zero-order valence-corrected chi connectivity index (χ0v) is 15.6. The summed E-state index contributed by atoms with van der Waals surface area (Å²) in [6.07, 6.45) is 4.86. The van der Waals surface area contributed by atoms with Gasteiger partial charge in [-0.3, -0.25) is 9.48 Å². The highest BCUT2D eigenvalue weighted by Gasteiger charge is 2.12. The third-order valence-corrected chi connectivity index (χ3v) is 4.06. The molecule has 0 radical (unpaired) electrons. The van der Waals surface area contributed by atoms with Crippen LogP contribution in [0.4, 0.5) is 11.6 Å². The first-order valence-corrected chi connectivity index (χ1v) is 8.63. The Balaban J connectivity index is 1.82. The minimum Gasteiger partial charge on any atom is -0.489 e. The number of anilines is 2. The van der Waals surface area contributed by atoms with E-state index in [-0.39, 0.29) is 18.3 Å². The van der Waals surface area contributed by atoms with E-state index in [1.807, 2.05) is 6.92 Å². The maximum Gasteiger partial charge on any atom is 0.277 e. The number of aromatic nitrogens is 5. The first-order valence-electron chi connectivity index (χ1n) is 8.26. The van der Waals surface area contributed by atoms with Crippen molar-refractivity contribution in [3.05, 3.63) is 46.1 Å². The Morgan fingerprint density at radius 1 is 1.41 bits per heavy atom. The first kappa shape index (κ1) is 18.9. The summed E-state index contributed by atoms with van der Waals surface area (Å²) in [6, 6.07) is 3.30. The van der Waals surface area contributed by atoms with Crippen LogP contribution in [0.1, 0.15) is 13.3 Å². The molecular weight excluding hydrogens is 372 g/mol. The molecule has 0 aliphatic heterocycles. The Labute approximate surface area is 160 Å². The van der Waals surface area contributed by atoms with E-state index in [1.165, 1.54) is 10.9 Å². The number of nitrogens with one attached hydrogen (secondary N) is 2. The van der Waals surface area contributed by atoms with Crippen LogP contribution in [0.15, 0.2) is 35.5 Å². The number of ether oxygens (including phenoxy) is 1. The van der Waals surface area contributed by atoms with E-state index in [4.69, 9.17) is 21.4 Å². The van der Waals surface area contributed by atoms with E-state index >= 15 is 0 Å². The number of aliphatic hydroxyl groups excluding tert-OH is 1. The highest BCUT2D eigenvalue weighted by molar-refractivity contribution is 6.32. The molecule has 3 N–H and O–H groups in total. The van der Waals surface area contributed by atoms with Crippen LogP contribution in [-0.4, -0.2) is 42.5 Å². The average Bonchev–Trinajstić information content (AvgIpc) is 2.97. The molecule has 1 unspecified atom stereocenters. The van der Waals surface area contributed by atoms with Crippen LogP contribution in [-0.2, 0) is 7.05 Å². The number of aromatic amines is 1. The van der Waals surface area contributed by atoms with E-state index in [0.717, 1.165) is 0 Å². The lowest BCUT2D eigenvalue weighted by atomic mass is 10.3. The molecule has 0 aromatic carbocycles. The molecule has 0 aliphatic carbocycles. The number of nitrogens with zero attached hydrogens (tertiary/aromatic N) is 4. The molecular formula is C17H19ClN6O3. The van der Waals surface area contributed by atoms with Gasteiger partial charge in [0.15, 0.2) is 5.82 Å². The molecule has 3 aromatic rings. The Morgan fingerprint density at radius 2 is 2.22 bits per heavy atom. The molecule has 1 atom stereocenters. The first-order chi connectivity index (χ1) is 13.0. The van der Waals surface area contributed by atoms with E-state index in [2.05, 4.69) is 25.4 Å². The summed E-state index contributed by atoms with van der Waals surface area (Å²) in [4.78, 5) is 24.7. The van der Waals surface area contributed by atoms with Gasteiger partial charge in [0.2, 0.25) is 0 Å². The third-order valence-electron chi connectivity index (χ3n) is 3.77.